The van der Waals surface area contributed by atoms with E-state index in [1.54, 1.807) is 0 Å². The van der Waals surface area contributed by atoms with Gasteiger partial charge in [0.05, 0.1) is 6.42 Å². The molecule has 1 N–H and O–H groups in total. The van der Waals surface area contributed by atoms with Gasteiger partial charge in [-0.2, -0.15) is 0 Å². The maximum atomic E-state index is 11.7. The molecule has 4 aliphatic rings. The predicted molar refractivity (Wildman–Crippen MR) is 86.4 cm³/mol. The van der Waals surface area contributed by atoms with Crippen LogP contribution in [0.3, 0.4) is 0 Å². The van der Waals surface area contributed by atoms with Crippen molar-refractivity contribution < 1.29 is 9.90 Å². The normalized spacial score (nSPS) is 42.5. The number of aliphatic carboxylic acids is 1. The first-order valence-electron chi connectivity index (χ1n) is 8.84. The van der Waals surface area contributed by atoms with Crippen molar-refractivity contribution in [2.75, 3.05) is 0 Å². The lowest BCUT2D eigenvalue weighted by atomic mass is 9.41. The van der Waals surface area contributed by atoms with Crippen molar-refractivity contribution in [2.24, 2.45) is 35.0 Å². The topological polar surface area (TPSA) is 37.3 Å². The number of carboxylic acid groups (broad SMARTS) is 1. The predicted octanol–water partition coefficient (Wildman–Crippen LogP) is 4.39. The highest BCUT2D eigenvalue weighted by molar-refractivity contribution is 5.68. The molecule has 0 heterocycles. The van der Waals surface area contributed by atoms with Gasteiger partial charge in [-0.3, -0.25) is 4.79 Å². The Bertz CT molecular complexity index is 532. The van der Waals surface area contributed by atoms with Gasteiger partial charge in [0, 0.05) is 0 Å². The van der Waals surface area contributed by atoms with Crippen LogP contribution in [0.4, 0.5) is 0 Å². The van der Waals surface area contributed by atoms with E-state index in [9.17, 15) is 9.90 Å². The molecular weight excluding hydrogens is 272 g/mol. The zero-order valence-electron chi connectivity index (χ0n) is 13.4. The summed E-state index contributed by atoms with van der Waals surface area (Å²) in [5, 5.41) is 9.59. The molecule has 0 saturated heterocycles. The van der Waals surface area contributed by atoms with Gasteiger partial charge in [-0.15, -0.1) is 0 Å². The summed E-state index contributed by atoms with van der Waals surface area (Å²) in [6.45, 7) is 2.43. The lowest BCUT2D eigenvalue weighted by molar-refractivity contribution is -0.162. The molecule has 0 atom stereocenters. The van der Waals surface area contributed by atoms with E-state index in [-0.39, 0.29) is 5.41 Å². The molecule has 5 rings (SSSR count). The van der Waals surface area contributed by atoms with Crippen LogP contribution in [0.1, 0.15) is 44.6 Å². The van der Waals surface area contributed by atoms with Crippen LogP contribution in [0.2, 0.25) is 0 Å². The van der Waals surface area contributed by atoms with Gasteiger partial charge in [0.1, 0.15) is 0 Å². The summed E-state index contributed by atoms with van der Waals surface area (Å²) in [6, 6.07) is 10.6. The molecule has 22 heavy (non-hydrogen) atoms. The van der Waals surface area contributed by atoms with E-state index in [0.29, 0.717) is 18.3 Å². The van der Waals surface area contributed by atoms with Crippen LogP contribution in [-0.2, 0) is 11.2 Å². The second-order valence-electron chi connectivity index (χ2n) is 8.18. The van der Waals surface area contributed by atoms with Crippen LogP contribution in [0.15, 0.2) is 30.3 Å². The summed E-state index contributed by atoms with van der Waals surface area (Å²) in [5.41, 5.74) is 1.34. The van der Waals surface area contributed by atoms with Gasteiger partial charge in [-0.05, 0) is 72.7 Å². The summed E-state index contributed by atoms with van der Waals surface area (Å²) < 4.78 is 0. The van der Waals surface area contributed by atoms with Crippen molar-refractivity contribution in [2.45, 2.75) is 45.4 Å². The number of hydrogen-bond acceptors (Lipinski definition) is 1. The molecule has 118 valence electrons. The lowest BCUT2D eigenvalue weighted by Crippen LogP contribution is -2.57. The van der Waals surface area contributed by atoms with Crippen LogP contribution >= 0.6 is 0 Å². The van der Waals surface area contributed by atoms with Gasteiger partial charge in [0.2, 0.25) is 0 Å². The van der Waals surface area contributed by atoms with Crippen molar-refractivity contribution in [1.29, 1.82) is 0 Å². The minimum absolute atomic E-state index is 0.0142. The smallest absolute Gasteiger partial charge is 0.303 e. The zero-order chi connectivity index (χ0) is 15.3. The second kappa shape index (κ2) is 5.11. The van der Waals surface area contributed by atoms with E-state index in [2.05, 4.69) is 31.2 Å². The molecule has 2 nitrogen and oxygen atoms in total. The molecule has 0 unspecified atom stereocenters. The Balaban J connectivity index is 1.69. The Hall–Kier alpha value is -1.31. The largest absolute Gasteiger partial charge is 0.481 e. The summed E-state index contributed by atoms with van der Waals surface area (Å²) in [7, 11) is 0. The third-order valence-corrected chi connectivity index (χ3v) is 7.32. The van der Waals surface area contributed by atoms with Crippen molar-refractivity contribution in [3.8, 4) is 0 Å². The van der Waals surface area contributed by atoms with E-state index < -0.39 is 5.97 Å². The van der Waals surface area contributed by atoms with Crippen LogP contribution < -0.4 is 0 Å². The molecule has 4 saturated carbocycles. The standard InChI is InChI=1S/C20H26O2/c1-13-15-7-17-9-16(13)10-18(8-15)20(17,12-19(21)22)11-14-5-3-2-4-6-14/h2-6,13,15-18H,7-12H2,1H3,(H,21,22). The van der Waals surface area contributed by atoms with Gasteiger partial charge >= 0.3 is 5.97 Å². The van der Waals surface area contributed by atoms with Gasteiger partial charge in [-0.1, -0.05) is 37.3 Å². The number of carbonyl (C=O) groups is 1. The number of rotatable bonds is 4. The summed E-state index contributed by atoms with van der Waals surface area (Å²) in [5.74, 6) is 3.24. The molecule has 4 fully saturated rings. The second-order valence-corrected chi connectivity index (χ2v) is 8.18. The SMILES string of the molecule is CC1C2CC3CC1CC(C2)C3(CC(=O)O)Cc1ccccc1. The van der Waals surface area contributed by atoms with E-state index in [1.807, 2.05) is 6.07 Å². The first-order chi connectivity index (χ1) is 10.6. The number of benzene rings is 1. The minimum atomic E-state index is -0.601. The quantitative estimate of drug-likeness (QED) is 0.895. The first-order valence-corrected chi connectivity index (χ1v) is 8.84. The van der Waals surface area contributed by atoms with E-state index in [4.69, 9.17) is 0 Å². The van der Waals surface area contributed by atoms with Crippen molar-refractivity contribution in [3.63, 3.8) is 0 Å². The fourth-order valence-corrected chi connectivity index (χ4v) is 6.26. The maximum Gasteiger partial charge on any atom is 0.303 e. The molecule has 0 amide bonds. The van der Waals surface area contributed by atoms with Crippen molar-refractivity contribution in [1.82, 2.24) is 0 Å². The van der Waals surface area contributed by atoms with Gasteiger partial charge < -0.3 is 5.11 Å². The molecule has 2 heteroatoms. The molecule has 0 aliphatic heterocycles. The van der Waals surface area contributed by atoms with E-state index in [1.165, 1.54) is 31.2 Å². The van der Waals surface area contributed by atoms with Crippen molar-refractivity contribution >= 4 is 5.97 Å². The third kappa shape index (κ3) is 2.11. The van der Waals surface area contributed by atoms with Crippen LogP contribution in [0.5, 0.6) is 0 Å². The van der Waals surface area contributed by atoms with Gasteiger partial charge in [0.15, 0.2) is 0 Å². The summed E-state index contributed by atoms with van der Waals surface area (Å²) in [4.78, 5) is 11.7. The summed E-state index contributed by atoms with van der Waals surface area (Å²) >= 11 is 0. The third-order valence-electron chi connectivity index (χ3n) is 7.32. The zero-order valence-corrected chi connectivity index (χ0v) is 13.4. The van der Waals surface area contributed by atoms with E-state index in [0.717, 1.165) is 24.2 Å². The average molecular weight is 298 g/mol. The molecular formula is C20H26O2. The average Bonchev–Trinajstić information content (AvgIpc) is 2.46. The lowest BCUT2D eigenvalue weighted by Gasteiger charge is -2.63. The van der Waals surface area contributed by atoms with Crippen molar-refractivity contribution in [3.05, 3.63) is 35.9 Å². The first kappa shape index (κ1) is 14.3. The molecule has 1 aromatic rings. The van der Waals surface area contributed by atoms with Crippen LogP contribution in [-0.4, -0.2) is 11.1 Å². The van der Waals surface area contributed by atoms with Crippen LogP contribution in [0, 0.1) is 35.0 Å². The Morgan fingerprint density at radius 3 is 2.14 bits per heavy atom. The molecule has 4 aliphatic carbocycles. The molecule has 1 aromatic carbocycles. The Morgan fingerprint density at radius 2 is 1.64 bits per heavy atom. The molecule has 0 aromatic heterocycles. The molecule has 0 spiro atoms. The van der Waals surface area contributed by atoms with Gasteiger partial charge in [0.25, 0.3) is 0 Å². The highest BCUT2D eigenvalue weighted by Crippen LogP contribution is 2.66. The molecule has 0 radical (unpaired) electrons. The Labute approximate surface area is 132 Å². The number of carboxylic acids is 1. The Morgan fingerprint density at radius 1 is 1.09 bits per heavy atom. The number of hydrogen-bond donors (Lipinski definition) is 1. The fraction of sp³-hybridized carbons (Fsp3) is 0.650. The van der Waals surface area contributed by atoms with Gasteiger partial charge in [-0.25, -0.2) is 0 Å². The monoisotopic (exact) mass is 298 g/mol. The van der Waals surface area contributed by atoms with E-state index >= 15 is 0 Å². The summed E-state index contributed by atoms with van der Waals surface area (Å²) in [6.07, 6.45) is 6.42. The highest BCUT2D eigenvalue weighted by atomic mass is 16.4. The fourth-order valence-electron chi connectivity index (χ4n) is 6.26. The molecule has 4 bridgehead atoms. The van der Waals surface area contributed by atoms with Crippen LogP contribution in [0.25, 0.3) is 0 Å². The Kier molecular flexibility index (Phi) is 3.32. The minimum Gasteiger partial charge on any atom is -0.481 e. The highest BCUT2D eigenvalue weighted by Gasteiger charge is 2.59. The maximum absolute atomic E-state index is 11.7.